The van der Waals surface area contributed by atoms with Gasteiger partial charge in [0.2, 0.25) is 0 Å². The van der Waals surface area contributed by atoms with E-state index in [0.29, 0.717) is 12.3 Å². The number of carbonyl (C=O) groups excluding carboxylic acids is 1. The van der Waals surface area contributed by atoms with Crippen molar-refractivity contribution in [3.63, 3.8) is 0 Å². The van der Waals surface area contributed by atoms with E-state index in [2.05, 4.69) is 10.3 Å². The van der Waals surface area contributed by atoms with Crippen molar-refractivity contribution in [2.24, 2.45) is 0 Å². The van der Waals surface area contributed by atoms with Gasteiger partial charge in [-0.05, 0) is 13.8 Å². The third-order valence-electron chi connectivity index (χ3n) is 2.80. The summed E-state index contributed by atoms with van der Waals surface area (Å²) in [4.78, 5) is 28.8. The zero-order valence-electron chi connectivity index (χ0n) is 10.6. The minimum atomic E-state index is -0.961. The number of aryl methyl sites for hydroxylation is 1. The standard InChI is InChI=1S/C11H15N3O3S2/c1-6-4-19-9(13-6)3-12-11(17)14-7(2)18-5-8(14)10(15)16/h4,7-8H,3,5H2,1-2H3,(H,12,17)(H,15,16). The van der Waals surface area contributed by atoms with Gasteiger partial charge in [-0.3, -0.25) is 4.90 Å². The lowest BCUT2D eigenvalue weighted by Gasteiger charge is -2.24. The molecule has 104 valence electrons. The molecule has 1 aliphatic heterocycles. The molecule has 2 rings (SSSR count). The maximum absolute atomic E-state index is 12.1. The molecule has 0 aromatic carbocycles. The average Bonchev–Trinajstić information content (AvgIpc) is 2.92. The maximum atomic E-state index is 12.1. The first-order valence-electron chi connectivity index (χ1n) is 5.80. The number of aromatic nitrogens is 1. The van der Waals surface area contributed by atoms with Crippen LogP contribution in [0, 0.1) is 6.92 Å². The summed E-state index contributed by atoms with van der Waals surface area (Å²) in [5.41, 5.74) is 0.919. The molecule has 1 fully saturated rings. The third kappa shape index (κ3) is 3.19. The predicted molar refractivity (Wildman–Crippen MR) is 74.3 cm³/mol. The van der Waals surface area contributed by atoms with Crippen LogP contribution in [0.3, 0.4) is 0 Å². The van der Waals surface area contributed by atoms with Gasteiger partial charge >= 0.3 is 12.0 Å². The normalized spacial score (nSPS) is 22.5. The van der Waals surface area contributed by atoms with E-state index in [1.165, 1.54) is 28.0 Å². The molecule has 0 radical (unpaired) electrons. The Morgan fingerprint density at radius 1 is 1.63 bits per heavy atom. The highest BCUT2D eigenvalue weighted by atomic mass is 32.2. The van der Waals surface area contributed by atoms with Crippen molar-refractivity contribution >= 4 is 35.1 Å². The number of thioether (sulfide) groups is 1. The molecule has 2 amide bonds. The minimum absolute atomic E-state index is 0.126. The highest BCUT2D eigenvalue weighted by molar-refractivity contribution is 8.00. The van der Waals surface area contributed by atoms with Crippen LogP contribution in [0.25, 0.3) is 0 Å². The van der Waals surface area contributed by atoms with E-state index in [4.69, 9.17) is 5.11 Å². The Labute approximate surface area is 119 Å². The minimum Gasteiger partial charge on any atom is -0.480 e. The van der Waals surface area contributed by atoms with E-state index in [1.807, 2.05) is 19.2 Å². The van der Waals surface area contributed by atoms with Gasteiger partial charge in [0.15, 0.2) is 0 Å². The zero-order chi connectivity index (χ0) is 14.0. The predicted octanol–water partition coefficient (Wildman–Crippen LogP) is 1.51. The van der Waals surface area contributed by atoms with Crippen LogP contribution in [0.2, 0.25) is 0 Å². The van der Waals surface area contributed by atoms with E-state index < -0.39 is 12.0 Å². The lowest BCUT2D eigenvalue weighted by molar-refractivity contribution is -0.141. The number of thiazole rings is 1. The van der Waals surface area contributed by atoms with Crippen LogP contribution in [0.5, 0.6) is 0 Å². The van der Waals surface area contributed by atoms with Gasteiger partial charge in [-0.15, -0.1) is 23.1 Å². The molecular formula is C11H15N3O3S2. The van der Waals surface area contributed by atoms with Gasteiger partial charge in [0.1, 0.15) is 11.0 Å². The van der Waals surface area contributed by atoms with Crippen LogP contribution in [0.1, 0.15) is 17.6 Å². The fraction of sp³-hybridized carbons (Fsp3) is 0.545. The summed E-state index contributed by atoms with van der Waals surface area (Å²) in [5.74, 6) is -0.530. The first-order valence-corrected chi connectivity index (χ1v) is 7.73. The van der Waals surface area contributed by atoms with Crippen molar-refractivity contribution in [1.29, 1.82) is 0 Å². The second-order valence-corrected chi connectivity index (χ2v) is 6.53. The SMILES string of the molecule is Cc1csc(CNC(=O)N2C(C)SCC2C(=O)O)n1. The number of nitrogens with zero attached hydrogens (tertiary/aromatic N) is 2. The molecule has 2 heterocycles. The maximum Gasteiger partial charge on any atom is 0.327 e. The van der Waals surface area contributed by atoms with Gasteiger partial charge in [-0.2, -0.15) is 0 Å². The van der Waals surface area contributed by atoms with Gasteiger partial charge in [0, 0.05) is 16.8 Å². The molecule has 8 heteroatoms. The monoisotopic (exact) mass is 301 g/mol. The first-order chi connectivity index (χ1) is 8.99. The van der Waals surface area contributed by atoms with Gasteiger partial charge < -0.3 is 10.4 Å². The second-order valence-electron chi connectivity index (χ2n) is 4.24. The number of nitrogens with one attached hydrogen (secondary N) is 1. The van der Waals surface area contributed by atoms with Crippen molar-refractivity contribution in [2.45, 2.75) is 31.8 Å². The van der Waals surface area contributed by atoms with Crippen molar-refractivity contribution in [3.05, 3.63) is 16.1 Å². The molecule has 1 aromatic heterocycles. The van der Waals surface area contributed by atoms with Crippen LogP contribution < -0.4 is 5.32 Å². The van der Waals surface area contributed by atoms with Gasteiger partial charge in [-0.25, -0.2) is 14.6 Å². The van der Waals surface area contributed by atoms with E-state index in [9.17, 15) is 9.59 Å². The molecule has 0 aliphatic carbocycles. The molecule has 1 aromatic rings. The Hall–Kier alpha value is -1.28. The molecular weight excluding hydrogens is 286 g/mol. The van der Waals surface area contributed by atoms with E-state index in [0.717, 1.165) is 10.7 Å². The Kier molecular flexibility index (Phi) is 4.31. The van der Waals surface area contributed by atoms with Gasteiger partial charge in [0.05, 0.1) is 11.9 Å². The summed E-state index contributed by atoms with van der Waals surface area (Å²) in [7, 11) is 0. The number of hydrogen-bond acceptors (Lipinski definition) is 5. The van der Waals surface area contributed by atoms with E-state index in [-0.39, 0.29) is 11.4 Å². The van der Waals surface area contributed by atoms with Gasteiger partial charge in [-0.1, -0.05) is 0 Å². The average molecular weight is 301 g/mol. The molecule has 1 aliphatic rings. The van der Waals surface area contributed by atoms with Crippen LogP contribution >= 0.6 is 23.1 Å². The zero-order valence-corrected chi connectivity index (χ0v) is 12.3. The number of aliphatic carboxylic acids is 1. The highest BCUT2D eigenvalue weighted by Crippen LogP contribution is 2.28. The number of carboxylic acids is 1. The summed E-state index contributed by atoms with van der Waals surface area (Å²) in [5, 5.41) is 14.4. The number of amides is 2. The van der Waals surface area contributed by atoms with Crippen molar-refractivity contribution < 1.29 is 14.7 Å². The number of carbonyl (C=O) groups is 2. The number of rotatable bonds is 3. The molecule has 2 N–H and O–H groups in total. The van der Waals surface area contributed by atoms with Crippen LogP contribution in [0.4, 0.5) is 4.79 Å². The number of hydrogen-bond donors (Lipinski definition) is 2. The quantitative estimate of drug-likeness (QED) is 0.884. The van der Waals surface area contributed by atoms with Crippen LogP contribution in [-0.4, -0.2) is 44.2 Å². The smallest absolute Gasteiger partial charge is 0.327 e. The van der Waals surface area contributed by atoms with Crippen LogP contribution in [0.15, 0.2) is 5.38 Å². The van der Waals surface area contributed by atoms with E-state index >= 15 is 0 Å². The molecule has 6 nitrogen and oxygen atoms in total. The number of carboxylic acid groups (broad SMARTS) is 1. The highest BCUT2D eigenvalue weighted by Gasteiger charge is 2.39. The Morgan fingerprint density at radius 2 is 2.37 bits per heavy atom. The first kappa shape index (κ1) is 14.1. The lowest BCUT2D eigenvalue weighted by Crippen LogP contribution is -2.49. The van der Waals surface area contributed by atoms with Crippen molar-refractivity contribution in [3.8, 4) is 0 Å². The summed E-state index contributed by atoms with van der Waals surface area (Å²) >= 11 is 2.94. The fourth-order valence-corrected chi connectivity index (χ4v) is 3.75. The van der Waals surface area contributed by atoms with Gasteiger partial charge in [0.25, 0.3) is 0 Å². The fourth-order valence-electron chi connectivity index (χ4n) is 1.87. The Balaban J connectivity index is 1.96. The van der Waals surface area contributed by atoms with Crippen molar-refractivity contribution in [1.82, 2.24) is 15.2 Å². The largest absolute Gasteiger partial charge is 0.480 e. The molecule has 19 heavy (non-hydrogen) atoms. The number of urea groups is 1. The molecule has 2 atom stereocenters. The Bertz CT molecular complexity index is 491. The lowest BCUT2D eigenvalue weighted by atomic mass is 10.3. The summed E-state index contributed by atoms with van der Waals surface area (Å²) in [6.07, 6.45) is 0. The molecule has 0 bridgehead atoms. The molecule has 0 spiro atoms. The van der Waals surface area contributed by atoms with Crippen molar-refractivity contribution in [2.75, 3.05) is 5.75 Å². The molecule has 0 saturated carbocycles. The summed E-state index contributed by atoms with van der Waals surface area (Å²) < 4.78 is 0. The van der Waals surface area contributed by atoms with Crippen LogP contribution in [-0.2, 0) is 11.3 Å². The second kappa shape index (κ2) is 5.79. The van der Waals surface area contributed by atoms with E-state index in [1.54, 1.807) is 0 Å². The summed E-state index contributed by atoms with van der Waals surface area (Å²) in [6, 6.07) is -1.10. The summed E-state index contributed by atoms with van der Waals surface area (Å²) in [6.45, 7) is 4.06. The topological polar surface area (TPSA) is 82.5 Å². The molecule has 1 saturated heterocycles. The Morgan fingerprint density at radius 3 is 2.95 bits per heavy atom. The molecule has 2 unspecified atom stereocenters. The third-order valence-corrected chi connectivity index (χ3v) is 4.98.